The molecule has 0 aliphatic carbocycles. The van der Waals surface area contributed by atoms with E-state index in [1.165, 1.54) is 68.4 Å². The number of piperidine rings is 1. The van der Waals surface area contributed by atoms with Crippen molar-refractivity contribution in [2.24, 2.45) is 0 Å². The van der Waals surface area contributed by atoms with Gasteiger partial charge in [-0.3, -0.25) is 0 Å². The van der Waals surface area contributed by atoms with Gasteiger partial charge in [0.2, 0.25) is 0 Å². The molecule has 0 N–H and O–H groups in total. The van der Waals surface area contributed by atoms with Gasteiger partial charge in [-0.2, -0.15) is 0 Å². The third kappa shape index (κ3) is 4.94. The fraction of sp³-hybridized carbons (Fsp3) is 0.455. The Hall–Kier alpha value is -1.12. The molecule has 0 saturated carbocycles. The van der Waals surface area contributed by atoms with E-state index < -0.39 is 0 Å². The van der Waals surface area contributed by atoms with Crippen LogP contribution in [0.3, 0.4) is 0 Å². The van der Waals surface area contributed by atoms with Gasteiger partial charge in [0.25, 0.3) is 0 Å². The summed E-state index contributed by atoms with van der Waals surface area (Å²) in [5.41, 5.74) is 4.05. The Bertz CT molecular complexity index is 611. The molecule has 1 nitrogen and oxygen atoms in total. The summed E-state index contributed by atoms with van der Waals surface area (Å²) >= 11 is 3.50. The lowest BCUT2D eigenvalue weighted by Crippen LogP contribution is -2.30. The number of nitrogens with zero attached hydrogens (tertiary/aromatic N) is 1. The molecule has 2 heteroatoms. The molecule has 1 saturated heterocycles. The summed E-state index contributed by atoms with van der Waals surface area (Å²) in [7, 11) is 0. The van der Waals surface area contributed by atoms with Crippen LogP contribution in [0.5, 0.6) is 0 Å². The highest BCUT2D eigenvalue weighted by Gasteiger charge is 2.11. The van der Waals surface area contributed by atoms with Crippen LogP contribution in [0.15, 0.2) is 53.0 Å². The highest BCUT2D eigenvalue weighted by molar-refractivity contribution is 9.10. The summed E-state index contributed by atoms with van der Waals surface area (Å²) in [4.78, 5) is 2.65. The van der Waals surface area contributed by atoms with Gasteiger partial charge in [-0.05, 0) is 80.1 Å². The molecule has 1 aliphatic rings. The summed E-state index contributed by atoms with van der Waals surface area (Å²) in [6, 6.07) is 17.7. The third-order valence-electron chi connectivity index (χ3n) is 5.22. The standard InChI is InChI=1S/C22H28BrN/c1-18(6-5-17-24-15-3-2-4-16-24)19-7-9-20(10-8-19)21-11-13-22(23)14-12-21/h7-14,18H,2-6,15-17H2,1H3. The third-order valence-corrected chi connectivity index (χ3v) is 5.75. The maximum absolute atomic E-state index is 3.50. The van der Waals surface area contributed by atoms with Crippen molar-refractivity contribution in [1.82, 2.24) is 4.90 Å². The topological polar surface area (TPSA) is 3.24 Å². The first kappa shape index (κ1) is 17.7. The van der Waals surface area contributed by atoms with E-state index in [2.05, 4.69) is 76.3 Å². The minimum atomic E-state index is 0.647. The Morgan fingerprint density at radius 3 is 2.08 bits per heavy atom. The summed E-state index contributed by atoms with van der Waals surface area (Å²) < 4.78 is 1.13. The Morgan fingerprint density at radius 2 is 1.46 bits per heavy atom. The number of rotatable bonds is 6. The van der Waals surface area contributed by atoms with E-state index >= 15 is 0 Å². The molecule has 24 heavy (non-hydrogen) atoms. The second-order valence-corrected chi connectivity index (χ2v) is 7.99. The van der Waals surface area contributed by atoms with Crippen LogP contribution in [0, 0.1) is 0 Å². The maximum atomic E-state index is 3.50. The van der Waals surface area contributed by atoms with Crippen molar-refractivity contribution in [3.05, 3.63) is 58.6 Å². The zero-order valence-corrected chi connectivity index (χ0v) is 16.3. The lowest BCUT2D eigenvalue weighted by atomic mass is 9.94. The van der Waals surface area contributed by atoms with E-state index in [1.807, 2.05) is 0 Å². The first-order chi connectivity index (χ1) is 11.7. The van der Waals surface area contributed by atoms with Crippen LogP contribution in [0.25, 0.3) is 11.1 Å². The van der Waals surface area contributed by atoms with E-state index in [-0.39, 0.29) is 0 Å². The van der Waals surface area contributed by atoms with Gasteiger partial charge in [-0.15, -0.1) is 0 Å². The molecule has 1 heterocycles. The number of likely N-dealkylation sites (tertiary alicyclic amines) is 1. The molecular weight excluding hydrogens is 358 g/mol. The van der Waals surface area contributed by atoms with Gasteiger partial charge in [-0.25, -0.2) is 0 Å². The second kappa shape index (κ2) is 8.82. The molecule has 0 amide bonds. The van der Waals surface area contributed by atoms with Crippen LogP contribution in [0.1, 0.15) is 50.5 Å². The molecule has 1 fully saturated rings. The van der Waals surface area contributed by atoms with E-state index in [0.29, 0.717) is 5.92 Å². The largest absolute Gasteiger partial charge is 0.303 e. The quantitative estimate of drug-likeness (QED) is 0.549. The van der Waals surface area contributed by atoms with Crippen LogP contribution >= 0.6 is 15.9 Å². The van der Waals surface area contributed by atoms with E-state index in [4.69, 9.17) is 0 Å². The predicted molar refractivity (Wildman–Crippen MR) is 108 cm³/mol. The Morgan fingerprint density at radius 1 is 0.875 bits per heavy atom. The summed E-state index contributed by atoms with van der Waals surface area (Å²) in [6.45, 7) is 6.28. The first-order valence-electron chi connectivity index (χ1n) is 9.30. The van der Waals surface area contributed by atoms with Gasteiger partial charge in [0.05, 0.1) is 0 Å². The molecule has 1 unspecified atom stereocenters. The zero-order chi connectivity index (χ0) is 16.8. The van der Waals surface area contributed by atoms with E-state index in [1.54, 1.807) is 0 Å². The fourth-order valence-electron chi connectivity index (χ4n) is 3.62. The Labute approximate surface area is 155 Å². The van der Waals surface area contributed by atoms with Crippen molar-refractivity contribution in [3.63, 3.8) is 0 Å². The molecule has 2 aromatic rings. The van der Waals surface area contributed by atoms with Crippen LogP contribution in [0.4, 0.5) is 0 Å². The molecule has 0 bridgehead atoms. The van der Waals surface area contributed by atoms with Crippen molar-refractivity contribution in [3.8, 4) is 11.1 Å². The molecule has 128 valence electrons. The van der Waals surface area contributed by atoms with Gasteiger partial charge in [-0.1, -0.05) is 65.7 Å². The number of benzene rings is 2. The molecule has 0 aromatic heterocycles. The van der Waals surface area contributed by atoms with Crippen LogP contribution in [-0.4, -0.2) is 24.5 Å². The van der Waals surface area contributed by atoms with Crippen molar-refractivity contribution in [1.29, 1.82) is 0 Å². The van der Waals surface area contributed by atoms with Gasteiger partial charge in [0.1, 0.15) is 0 Å². The van der Waals surface area contributed by atoms with Crippen molar-refractivity contribution in [2.75, 3.05) is 19.6 Å². The van der Waals surface area contributed by atoms with Crippen LogP contribution in [0.2, 0.25) is 0 Å². The second-order valence-electron chi connectivity index (χ2n) is 7.07. The van der Waals surface area contributed by atoms with Gasteiger partial charge in [0, 0.05) is 4.47 Å². The minimum Gasteiger partial charge on any atom is -0.303 e. The van der Waals surface area contributed by atoms with Gasteiger partial charge >= 0.3 is 0 Å². The zero-order valence-electron chi connectivity index (χ0n) is 14.7. The van der Waals surface area contributed by atoms with Crippen LogP contribution in [-0.2, 0) is 0 Å². The van der Waals surface area contributed by atoms with Crippen LogP contribution < -0.4 is 0 Å². The predicted octanol–water partition coefficient (Wildman–Crippen LogP) is 6.49. The maximum Gasteiger partial charge on any atom is 0.0175 e. The SMILES string of the molecule is CC(CCCN1CCCCC1)c1ccc(-c2ccc(Br)cc2)cc1. The number of halogens is 1. The lowest BCUT2D eigenvalue weighted by molar-refractivity contribution is 0.223. The summed E-state index contributed by atoms with van der Waals surface area (Å²) in [6.07, 6.45) is 6.82. The highest BCUT2D eigenvalue weighted by Crippen LogP contribution is 2.26. The average Bonchev–Trinajstić information content (AvgIpc) is 2.63. The summed E-state index contributed by atoms with van der Waals surface area (Å²) in [5.74, 6) is 0.647. The van der Waals surface area contributed by atoms with Gasteiger partial charge < -0.3 is 4.90 Å². The van der Waals surface area contributed by atoms with Gasteiger partial charge in [0.15, 0.2) is 0 Å². The molecule has 1 aliphatic heterocycles. The Kier molecular flexibility index (Phi) is 6.51. The first-order valence-corrected chi connectivity index (χ1v) is 10.1. The highest BCUT2D eigenvalue weighted by atomic mass is 79.9. The smallest absolute Gasteiger partial charge is 0.0175 e. The van der Waals surface area contributed by atoms with Crippen molar-refractivity contribution < 1.29 is 0 Å². The molecule has 2 aromatic carbocycles. The minimum absolute atomic E-state index is 0.647. The number of hydrogen-bond acceptors (Lipinski definition) is 1. The molecule has 0 spiro atoms. The van der Waals surface area contributed by atoms with Crippen molar-refractivity contribution >= 4 is 15.9 Å². The normalized spacial score (nSPS) is 16.9. The average molecular weight is 386 g/mol. The monoisotopic (exact) mass is 385 g/mol. The molecular formula is C22H28BrN. The molecule has 0 radical (unpaired) electrons. The summed E-state index contributed by atoms with van der Waals surface area (Å²) in [5, 5.41) is 0. The lowest BCUT2D eigenvalue weighted by Gasteiger charge is -2.26. The Balaban J connectivity index is 1.51. The van der Waals surface area contributed by atoms with E-state index in [0.717, 1.165) is 4.47 Å². The molecule has 1 atom stereocenters. The molecule has 3 rings (SSSR count). The van der Waals surface area contributed by atoms with E-state index in [9.17, 15) is 0 Å². The number of hydrogen-bond donors (Lipinski definition) is 0. The fourth-order valence-corrected chi connectivity index (χ4v) is 3.88. The van der Waals surface area contributed by atoms with Crippen molar-refractivity contribution in [2.45, 2.75) is 44.9 Å².